The van der Waals surface area contributed by atoms with Gasteiger partial charge in [-0.1, -0.05) is 18.2 Å². The Hall–Kier alpha value is -5.13. The molecule has 212 valence electrons. The molecule has 0 aliphatic heterocycles. The number of anilines is 6. The monoisotopic (exact) mass is 563 g/mol. The van der Waals surface area contributed by atoms with E-state index >= 15 is 0 Å². The minimum absolute atomic E-state index is 0.150. The highest BCUT2D eigenvalue weighted by Gasteiger charge is 2.31. The van der Waals surface area contributed by atoms with E-state index in [1.807, 2.05) is 32.2 Å². The number of carbonyl (C=O) groups excluding carboxylic acids is 2. The molecule has 5 N–H and O–H groups in total. The van der Waals surface area contributed by atoms with Crippen LogP contribution >= 0.6 is 0 Å². The molecule has 2 amide bonds. The molecule has 0 unspecified atom stereocenters. The van der Waals surface area contributed by atoms with E-state index < -0.39 is 23.6 Å². The second kappa shape index (κ2) is 11.9. The smallest absolute Gasteiger partial charge is 0.388 e. The first-order chi connectivity index (χ1) is 19.5. The predicted molar refractivity (Wildman–Crippen MR) is 154 cm³/mol. The molecule has 0 fully saturated rings. The Morgan fingerprint density at radius 2 is 1.46 bits per heavy atom. The predicted octanol–water partition coefficient (Wildman–Crippen LogP) is 6.44. The van der Waals surface area contributed by atoms with Gasteiger partial charge in [-0.25, -0.2) is 4.98 Å². The van der Waals surface area contributed by atoms with Crippen LogP contribution in [0.5, 0.6) is 0 Å². The number of nitrogens with one attached hydrogen (secondary N) is 5. The first kappa shape index (κ1) is 28.9. The van der Waals surface area contributed by atoms with Gasteiger partial charge in [0.2, 0.25) is 5.95 Å². The van der Waals surface area contributed by atoms with Crippen molar-refractivity contribution in [2.45, 2.75) is 20.0 Å². The molecule has 0 saturated carbocycles. The SMILES string of the molecule is CNc1cc(Nc2ncc(C(=O)Nc3cc(NC(=O)c4cccc(C(F)(F)F)c4)ccc3C)c(NC)n2)ccc1C. The second-order valence-electron chi connectivity index (χ2n) is 9.13. The Kier molecular flexibility index (Phi) is 8.41. The van der Waals surface area contributed by atoms with Crippen LogP contribution in [0.25, 0.3) is 0 Å². The zero-order valence-electron chi connectivity index (χ0n) is 22.7. The maximum Gasteiger partial charge on any atom is 0.416 e. The fourth-order valence-corrected chi connectivity index (χ4v) is 3.96. The van der Waals surface area contributed by atoms with Crippen molar-refractivity contribution < 1.29 is 22.8 Å². The lowest BCUT2D eigenvalue weighted by Gasteiger charge is -2.14. The second-order valence-corrected chi connectivity index (χ2v) is 9.13. The third kappa shape index (κ3) is 6.90. The number of hydrogen-bond acceptors (Lipinski definition) is 7. The topological polar surface area (TPSA) is 120 Å². The molecule has 0 aliphatic carbocycles. The molecule has 4 aromatic rings. The number of halogens is 3. The lowest BCUT2D eigenvalue weighted by Crippen LogP contribution is -2.17. The van der Waals surface area contributed by atoms with Gasteiger partial charge in [0, 0.05) is 48.6 Å². The number of benzene rings is 3. The molecule has 12 heteroatoms. The summed E-state index contributed by atoms with van der Waals surface area (Å²) in [4.78, 5) is 34.5. The zero-order valence-corrected chi connectivity index (χ0v) is 22.7. The number of amides is 2. The lowest BCUT2D eigenvalue weighted by atomic mass is 10.1. The van der Waals surface area contributed by atoms with Crippen LogP contribution in [0.4, 0.5) is 47.7 Å². The van der Waals surface area contributed by atoms with Gasteiger partial charge in [-0.05, 0) is 67.4 Å². The third-order valence-corrected chi connectivity index (χ3v) is 6.23. The average molecular weight is 564 g/mol. The summed E-state index contributed by atoms with van der Waals surface area (Å²) in [6.45, 7) is 3.75. The number of hydrogen-bond donors (Lipinski definition) is 5. The van der Waals surface area contributed by atoms with E-state index in [1.165, 1.54) is 24.4 Å². The van der Waals surface area contributed by atoms with Crippen LogP contribution in [-0.4, -0.2) is 35.9 Å². The molecule has 0 radical (unpaired) electrons. The minimum atomic E-state index is -4.57. The van der Waals surface area contributed by atoms with Crippen LogP contribution in [-0.2, 0) is 6.18 Å². The first-order valence-electron chi connectivity index (χ1n) is 12.5. The molecule has 9 nitrogen and oxygen atoms in total. The first-order valence-corrected chi connectivity index (χ1v) is 12.5. The van der Waals surface area contributed by atoms with Crippen LogP contribution in [0, 0.1) is 13.8 Å². The number of rotatable bonds is 8. The van der Waals surface area contributed by atoms with Crippen molar-refractivity contribution in [3.8, 4) is 0 Å². The molecule has 0 bridgehead atoms. The molecule has 0 saturated heterocycles. The number of alkyl halides is 3. The maximum absolute atomic E-state index is 13.2. The van der Waals surface area contributed by atoms with E-state index in [4.69, 9.17) is 0 Å². The van der Waals surface area contributed by atoms with Crippen molar-refractivity contribution in [2.24, 2.45) is 0 Å². The van der Waals surface area contributed by atoms with Gasteiger partial charge in [-0.3, -0.25) is 9.59 Å². The fraction of sp³-hybridized carbons (Fsp3) is 0.172. The van der Waals surface area contributed by atoms with Gasteiger partial charge in [0.15, 0.2) is 0 Å². The van der Waals surface area contributed by atoms with Gasteiger partial charge in [-0.2, -0.15) is 18.2 Å². The lowest BCUT2D eigenvalue weighted by molar-refractivity contribution is -0.137. The van der Waals surface area contributed by atoms with Crippen LogP contribution < -0.4 is 26.6 Å². The minimum Gasteiger partial charge on any atom is -0.388 e. The Bertz CT molecular complexity index is 1610. The number of aromatic nitrogens is 2. The van der Waals surface area contributed by atoms with Gasteiger partial charge in [0.1, 0.15) is 11.4 Å². The summed E-state index contributed by atoms with van der Waals surface area (Å²) in [5.74, 6) is -0.653. The fourth-order valence-electron chi connectivity index (χ4n) is 3.96. The highest BCUT2D eigenvalue weighted by Crippen LogP contribution is 2.30. The Labute approximate surface area is 234 Å². The molecular formula is C29H28F3N7O2. The van der Waals surface area contributed by atoms with Crippen molar-refractivity contribution in [1.82, 2.24) is 9.97 Å². The van der Waals surface area contributed by atoms with E-state index in [2.05, 4.69) is 36.6 Å². The summed E-state index contributed by atoms with van der Waals surface area (Å²) in [5.41, 5.74) is 3.27. The van der Waals surface area contributed by atoms with E-state index in [1.54, 1.807) is 26.1 Å². The summed E-state index contributed by atoms with van der Waals surface area (Å²) in [6.07, 6.45) is -3.18. The van der Waals surface area contributed by atoms with Crippen LogP contribution in [0.15, 0.2) is 66.9 Å². The summed E-state index contributed by atoms with van der Waals surface area (Å²) in [5, 5.41) is 14.5. The highest BCUT2D eigenvalue weighted by atomic mass is 19.4. The van der Waals surface area contributed by atoms with Crippen LogP contribution in [0.3, 0.4) is 0 Å². The average Bonchev–Trinajstić information content (AvgIpc) is 2.95. The standard InChI is InChI=1S/C29H28F3N7O2/c1-16-8-11-21(13-23(16)33-3)37-28-35-15-22(25(34-4)39-28)27(41)38-24-14-20(10-9-17(24)2)36-26(40)18-6-5-7-19(12-18)29(30,31)32/h5-15,33H,1-4H3,(H,36,40)(H,38,41)(H2,34,35,37,39). The zero-order chi connectivity index (χ0) is 29.7. The summed E-state index contributed by atoms with van der Waals surface area (Å²) in [7, 11) is 3.46. The third-order valence-electron chi connectivity index (χ3n) is 6.23. The van der Waals surface area contributed by atoms with E-state index in [-0.39, 0.29) is 28.6 Å². The summed E-state index contributed by atoms with van der Waals surface area (Å²) in [6, 6.07) is 14.7. The number of aryl methyl sites for hydroxylation is 2. The quantitative estimate of drug-likeness (QED) is 0.167. The van der Waals surface area contributed by atoms with E-state index in [9.17, 15) is 22.8 Å². The maximum atomic E-state index is 13.2. The molecule has 1 aromatic heterocycles. The normalized spacial score (nSPS) is 11.0. The van der Waals surface area contributed by atoms with E-state index in [0.29, 0.717) is 11.3 Å². The molecule has 0 aliphatic rings. The molecule has 4 rings (SSSR count). The molecule has 41 heavy (non-hydrogen) atoms. The van der Waals surface area contributed by atoms with Gasteiger partial charge < -0.3 is 26.6 Å². The largest absolute Gasteiger partial charge is 0.416 e. The van der Waals surface area contributed by atoms with Gasteiger partial charge in [0.05, 0.1) is 5.56 Å². The van der Waals surface area contributed by atoms with Gasteiger partial charge >= 0.3 is 6.18 Å². The number of nitrogens with zero attached hydrogens (tertiary/aromatic N) is 2. The van der Waals surface area contributed by atoms with Gasteiger partial charge in [0.25, 0.3) is 11.8 Å². The summed E-state index contributed by atoms with van der Waals surface area (Å²) < 4.78 is 39.1. The number of carbonyl (C=O) groups is 2. The van der Waals surface area contributed by atoms with Crippen molar-refractivity contribution >= 4 is 46.3 Å². The molecule has 3 aromatic carbocycles. The van der Waals surface area contributed by atoms with E-state index in [0.717, 1.165) is 29.1 Å². The summed E-state index contributed by atoms with van der Waals surface area (Å²) >= 11 is 0. The molecule has 0 spiro atoms. The molecule has 0 atom stereocenters. The van der Waals surface area contributed by atoms with Crippen LogP contribution in [0.2, 0.25) is 0 Å². The Balaban J connectivity index is 1.50. The Morgan fingerprint density at radius 1 is 0.780 bits per heavy atom. The molecule has 1 heterocycles. The molecular weight excluding hydrogens is 535 g/mol. The van der Waals surface area contributed by atoms with Crippen molar-refractivity contribution in [3.63, 3.8) is 0 Å². The highest BCUT2D eigenvalue weighted by molar-refractivity contribution is 6.08. The van der Waals surface area contributed by atoms with Crippen molar-refractivity contribution in [2.75, 3.05) is 40.7 Å². The van der Waals surface area contributed by atoms with Crippen molar-refractivity contribution in [1.29, 1.82) is 0 Å². The Morgan fingerprint density at radius 3 is 2.15 bits per heavy atom. The van der Waals surface area contributed by atoms with Crippen LogP contribution in [0.1, 0.15) is 37.4 Å². The van der Waals surface area contributed by atoms with Gasteiger partial charge in [-0.15, -0.1) is 0 Å². The van der Waals surface area contributed by atoms with Crippen molar-refractivity contribution in [3.05, 3.63) is 94.7 Å².